The van der Waals surface area contributed by atoms with E-state index in [2.05, 4.69) is 20.9 Å². The maximum Gasteiger partial charge on any atom is 0.420 e. The van der Waals surface area contributed by atoms with Crippen LogP contribution in [0, 0.1) is 5.82 Å². The zero-order valence-electron chi connectivity index (χ0n) is 15.3. The van der Waals surface area contributed by atoms with Crippen LogP contribution in [0.3, 0.4) is 0 Å². The summed E-state index contributed by atoms with van der Waals surface area (Å²) in [6.45, 7) is 2.20. The first-order valence-corrected chi connectivity index (χ1v) is 10.6. The molecule has 10 heteroatoms. The molecule has 2 atom stereocenters. The first kappa shape index (κ1) is 20.1. The van der Waals surface area contributed by atoms with Gasteiger partial charge in [0.05, 0.1) is 6.61 Å². The van der Waals surface area contributed by atoms with Crippen LogP contribution in [0.1, 0.15) is 30.0 Å². The number of rotatable bonds is 5. The van der Waals surface area contributed by atoms with E-state index >= 15 is 0 Å². The highest BCUT2D eigenvalue weighted by Gasteiger charge is 2.42. The molecule has 1 fully saturated rings. The number of fused-ring (bicyclic) bond motifs is 1. The number of benzene rings is 1. The predicted molar refractivity (Wildman–Crippen MR) is 108 cm³/mol. The normalized spacial score (nSPS) is 20.3. The second-order valence-electron chi connectivity index (χ2n) is 6.27. The van der Waals surface area contributed by atoms with Crippen molar-refractivity contribution in [2.75, 3.05) is 13.2 Å². The fraction of sp³-hybridized carbons (Fsp3) is 0.316. The van der Waals surface area contributed by atoms with Gasteiger partial charge in [-0.1, -0.05) is 22.0 Å². The molecule has 1 N–H and O–H groups in total. The predicted octanol–water partition coefficient (Wildman–Crippen LogP) is 4.00. The van der Waals surface area contributed by atoms with Crippen LogP contribution in [0.4, 0.5) is 9.18 Å². The van der Waals surface area contributed by atoms with Gasteiger partial charge in [-0.15, -0.1) is 11.3 Å². The number of cyclic esters (lactones) is 1. The molecule has 2 unspecified atom stereocenters. The lowest BCUT2D eigenvalue weighted by Crippen LogP contribution is -2.46. The summed E-state index contributed by atoms with van der Waals surface area (Å²) in [4.78, 5) is 23.0. The Hall–Kier alpha value is -2.14. The highest BCUT2D eigenvalue weighted by Crippen LogP contribution is 2.42. The number of hydrogen-bond acceptors (Lipinski definition) is 7. The second-order valence-corrected chi connectivity index (χ2v) is 8.02. The quantitative estimate of drug-likeness (QED) is 0.652. The number of amides is 1. The van der Waals surface area contributed by atoms with E-state index in [0.29, 0.717) is 38.6 Å². The molecular formula is C19H17BrFN3O4S. The van der Waals surface area contributed by atoms with E-state index in [1.165, 1.54) is 28.4 Å². The van der Waals surface area contributed by atoms with Gasteiger partial charge >= 0.3 is 6.09 Å². The fourth-order valence-electron chi connectivity index (χ4n) is 3.39. The number of aromatic nitrogens is 1. The van der Waals surface area contributed by atoms with E-state index < -0.39 is 24.2 Å². The summed E-state index contributed by atoms with van der Waals surface area (Å²) in [7, 11) is 0. The summed E-state index contributed by atoms with van der Waals surface area (Å²) in [5.41, 5.74) is 1.63. The highest BCUT2D eigenvalue weighted by atomic mass is 79.9. The first-order valence-electron chi connectivity index (χ1n) is 8.93. The Morgan fingerprint density at radius 1 is 1.52 bits per heavy atom. The Kier molecular flexibility index (Phi) is 5.77. The van der Waals surface area contributed by atoms with Crippen LogP contribution in [0.2, 0.25) is 0 Å². The Morgan fingerprint density at radius 2 is 2.34 bits per heavy atom. The summed E-state index contributed by atoms with van der Waals surface area (Å²) in [5.74, 6) is -0.0728. The molecular weight excluding hydrogens is 465 g/mol. The van der Waals surface area contributed by atoms with Crippen molar-refractivity contribution in [2.45, 2.75) is 25.7 Å². The summed E-state index contributed by atoms with van der Waals surface area (Å²) < 4.78 is 24.8. The molecule has 1 saturated heterocycles. The number of hydrogen-bond donors (Lipinski definition) is 1. The molecule has 4 rings (SSSR count). The minimum absolute atomic E-state index is 0.176. The number of carbonyl (C=O) groups excluding carboxylic acids is 1. The van der Waals surface area contributed by atoms with Crippen molar-refractivity contribution in [1.29, 1.82) is 0 Å². The SMILES string of the molecule is CCOC(O)C1=C2CCOC(=O)N2C(c2nccs2)=NC1c1ccc(F)cc1Br. The second kappa shape index (κ2) is 8.31. The minimum Gasteiger partial charge on any atom is -0.448 e. The lowest BCUT2D eigenvalue weighted by molar-refractivity contribution is -0.0725. The van der Waals surface area contributed by atoms with E-state index in [1.807, 2.05) is 0 Å². The van der Waals surface area contributed by atoms with Crippen molar-refractivity contribution in [3.8, 4) is 0 Å². The number of aliphatic hydroxyl groups is 1. The van der Waals surface area contributed by atoms with Gasteiger partial charge in [0.1, 0.15) is 11.9 Å². The summed E-state index contributed by atoms with van der Waals surface area (Å²) in [5, 5.41) is 13.1. The molecule has 7 nitrogen and oxygen atoms in total. The van der Waals surface area contributed by atoms with Crippen molar-refractivity contribution in [3.05, 3.63) is 61.9 Å². The Balaban J connectivity index is 1.93. The van der Waals surface area contributed by atoms with Gasteiger partial charge in [-0.3, -0.25) is 4.99 Å². The molecule has 0 radical (unpaired) electrons. The Labute approximate surface area is 178 Å². The summed E-state index contributed by atoms with van der Waals surface area (Å²) in [6.07, 6.45) is 0.129. The van der Waals surface area contributed by atoms with Crippen LogP contribution in [-0.4, -0.2) is 46.4 Å². The number of amidine groups is 1. The average Bonchev–Trinajstić information content (AvgIpc) is 3.22. The van der Waals surface area contributed by atoms with E-state index in [-0.39, 0.29) is 13.2 Å². The molecule has 3 heterocycles. The average molecular weight is 482 g/mol. The van der Waals surface area contributed by atoms with E-state index in [4.69, 9.17) is 14.5 Å². The molecule has 0 spiro atoms. The monoisotopic (exact) mass is 481 g/mol. The van der Waals surface area contributed by atoms with Crippen molar-refractivity contribution in [2.24, 2.45) is 4.99 Å². The van der Waals surface area contributed by atoms with E-state index in [9.17, 15) is 14.3 Å². The number of aliphatic imine (C=N–C) groups is 1. The standard InChI is InChI=1S/C19H17BrFN3O4S/c1-2-27-18(25)14-13-5-7-28-19(26)24(13)16(17-22-6-8-29-17)23-15(14)11-4-3-10(21)9-12(11)20/h3-4,6,8-9,15,18,25H,2,5,7H2,1H3. The highest BCUT2D eigenvalue weighted by molar-refractivity contribution is 9.10. The third-order valence-electron chi connectivity index (χ3n) is 4.58. The van der Waals surface area contributed by atoms with Gasteiger partial charge in [0.15, 0.2) is 17.1 Å². The van der Waals surface area contributed by atoms with Crippen LogP contribution in [-0.2, 0) is 9.47 Å². The van der Waals surface area contributed by atoms with Crippen LogP contribution in [0.5, 0.6) is 0 Å². The van der Waals surface area contributed by atoms with E-state index in [1.54, 1.807) is 24.6 Å². The van der Waals surface area contributed by atoms with Crippen molar-refractivity contribution in [1.82, 2.24) is 9.88 Å². The molecule has 0 aliphatic carbocycles. The Morgan fingerprint density at radius 3 is 3.03 bits per heavy atom. The molecule has 0 bridgehead atoms. The van der Waals surface area contributed by atoms with Crippen LogP contribution < -0.4 is 0 Å². The van der Waals surface area contributed by atoms with Crippen LogP contribution in [0.15, 0.2) is 50.5 Å². The summed E-state index contributed by atoms with van der Waals surface area (Å²) in [6, 6.07) is 3.58. The number of thiazole rings is 1. The van der Waals surface area contributed by atoms with Gasteiger partial charge in [-0.05, 0) is 24.6 Å². The van der Waals surface area contributed by atoms with Crippen molar-refractivity contribution >= 4 is 39.2 Å². The molecule has 152 valence electrons. The molecule has 2 aromatic rings. The largest absolute Gasteiger partial charge is 0.448 e. The molecule has 1 amide bonds. The number of carbonyl (C=O) groups is 1. The van der Waals surface area contributed by atoms with Gasteiger partial charge in [-0.25, -0.2) is 19.1 Å². The zero-order valence-corrected chi connectivity index (χ0v) is 17.7. The molecule has 29 heavy (non-hydrogen) atoms. The topological polar surface area (TPSA) is 84.2 Å². The lowest BCUT2D eigenvalue weighted by atomic mass is 9.93. The minimum atomic E-state index is -1.29. The van der Waals surface area contributed by atoms with E-state index in [0.717, 1.165) is 0 Å². The lowest BCUT2D eigenvalue weighted by Gasteiger charge is -2.38. The molecule has 2 aliphatic rings. The Bertz CT molecular complexity index is 995. The first-order chi connectivity index (χ1) is 14.0. The van der Waals surface area contributed by atoms with Crippen LogP contribution >= 0.6 is 27.3 Å². The molecule has 1 aromatic heterocycles. The van der Waals surface area contributed by atoms with Crippen LogP contribution in [0.25, 0.3) is 0 Å². The van der Waals surface area contributed by atoms with Gasteiger partial charge < -0.3 is 14.6 Å². The number of aliphatic hydroxyl groups excluding tert-OH is 1. The third kappa shape index (κ3) is 3.73. The smallest absolute Gasteiger partial charge is 0.420 e. The fourth-order valence-corrected chi connectivity index (χ4v) is 4.58. The van der Waals surface area contributed by atoms with Gasteiger partial charge in [-0.2, -0.15) is 0 Å². The number of halogens is 2. The van der Waals surface area contributed by atoms with Gasteiger partial charge in [0.25, 0.3) is 0 Å². The maximum absolute atomic E-state index is 13.7. The molecule has 1 aromatic carbocycles. The third-order valence-corrected chi connectivity index (χ3v) is 6.03. The summed E-state index contributed by atoms with van der Waals surface area (Å²) >= 11 is 4.73. The number of nitrogens with zero attached hydrogens (tertiary/aromatic N) is 3. The molecule has 0 saturated carbocycles. The van der Waals surface area contributed by atoms with Crippen molar-refractivity contribution in [3.63, 3.8) is 0 Å². The van der Waals surface area contributed by atoms with Gasteiger partial charge in [0.2, 0.25) is 0 Å². The molecule has 2 aliphatic heterocycles. The zero-order chi connectivity index (χ0) is 20.5. The number of ether oxygens (including phenoxy) is 2. The van der Waals surface area contributed by atoms with Crippen molar-refractivity contribution < 1.29 is 23.8 Å². The maximum atomic E-state index is 13.7. The van der Waals surface area contributed by atoms with Gasteiger partial charge in [0, 0.05) is 40.3 Å².